The fourth-order valence-electron chi connectivity index (χ4n) is 2.67. The Labute approximate surface area is 173 Å². The molecule has 1 aromatic carbocycles. The van der Waals surface area contributed by atoms with Gasteiger partial charge in [0.25, 0.3) is 11.2 Å². The van der Waals surface area contributed by atoms with Crippen molar-refractivity contribution in [2.24, 2.45) is 10.2 Å². The van der Waals surface area contributed by atoms with E-state index >= 15 is 0 Å². The Hall–Kier alpha value is -3.79. The fraction of sp³-hybridized carbons (Fsp3) is 0.333. The van der Waals surface area contributed by atoms with E-state index in [1.165, 1.54) is 14.0 Å². The van der Waals surface area contributed by atoms with Crippen LogP contribution in [0, 0.1) is 28.4 Å². The van der Waals surface area contributed by atoms with E-state index in [1.54, 1.807) is 6.07 Å². The van der Waals surface area contributed by atoms with Gasteiger partial charge in [0, 0.05) is 31.9 Å². The molecule has 0 aliphatic heterocycles. The molecule has 2 aromatic rings. The van der Waals surface area contributed by atoms with Gasteiger partial charge in [0.2, 0.25) is 5.88 Å². The molecule has 0 fully saturated rings. The Morgan fingerprint density at radius 2 is 2.03 bits per heavy atom. The number of azo groups is 1. The van der Waals surface area contributed by atoms with Crippen LogP contribution >= 0.6 is 0 Å². The molecule has 0 bridgehead atoms. The second-order valence-corrected chi connectivity index (χ2v) is 6.25. The fourth-order valence-corrected chi connectivity index (χ4v) is 2.67. The third-order valence-corrected chi connectivity index (χ3v) is 4.26. The molecule has 1 aromatic heterocycles. The van der Waals surface area contributed by atoms with E-state index in [1.807, 2.05) is 0 Å². The number of hydrogen-bond donors (Lipinski definition) is 1. The lowest BCUT2D eigenvalue weighted by molar-refractivity contribution is -0.384. The highest BCUT2D eigenvalue weighted by molar-refractivity contribution is 5.60. The zero-order chi connectivity index (χ0) is 23.3. The number of pyridine rings is 1. The summed E-state index contributed by atoms with van der Waals surface area (Å²) in [6, 6.07) is 3.39. The molecule has 0 saturated heterocycles. The van der Waals surface area contributed by atoms with Crippen LogP contribution < -0.4 is 5.56 Å². The minimum absolute atomic E-state index is 0.0174. The standard InChI is InChI=1S/C18H16F3N5O5/c1-10-12(9-22)16(27)25(6-3-7-31-2)17(28)15(10)24-23-13-5-4-11(18(19,20)21)8-14(13)26(29)30/h4-5,8,27H,3,6-7H2,1-2H3. The molecule has 0 aliphatic carbocycles. The molecular weight excluding hydrogens is 423 g/mol. The Kier molecular flexibility index (Phi) is 7.08. The highest BCUT2D eigenvalue weighted by atomic mass is 19.4. The van der Waals surface area contributed by atoms with Crippen molar-refractivity contribution in [1.29, 1.82) is 5.26 Å². The number of benzene rings is 1. The average Bonchev–Trinajstić information content (AvgIpc) is 2.70. The summed E-state index contributed by atoms with van der Waals surface area (Å²) in [5.74, 6) is -0.583. The largest absolute Gasteiger partial charge is 0.493 e. The summed E-state index contributed by atoms with van der Waals surface area (Å²) in [5.41, 5.74) is -4.24. The van der Waals surface area contributed by atoms with Gasteiger partial charge in [-0.05, 0) is 25.5 Å². The van der Waals surface area contributed by atoms with Gasteiger partial charge in [-0.25, -0.2) is 0 Å². The van der Waals surface area contributed by atoms with Gasteiger partial charge in [-0.3, -0.25) is 19.5 Å². The maximum atomic E-state index is 12.8. The summed E-state index contributed by atoms with van der Waals surface area (Å²) < 4.78 is 44.2. The molecule has 0 amide bonds. The van der Waals surface area contributed by atoms with Crippen molar-refractivity contribution in [3.63, 3.8) is 0 Å². The van der Waals surface area contributed by atoms with Crippen molar-refractivity contribution in [1.82, 2.24) is 4.57 Å². The van der Waals surface area contributed by atoms with Gasteiger partial charge in [-0.15, -0.1) is 10.2 Å². The third kappa shape index (κ3) is 5.04. The number of rotatable bonds is 7. The summed E-state index contributed by atoms with van der Waals surface area (Å²) in [6.45, 7) is 1.56. The highest BCUT2D eigenvalue weighted by Gasteiger charge is 2.33. The molecular formula is C18H16F3N5O5. The first-order valence-electron chi connectivity index (χ1n) is 8.65. The van der Waals surface area contributed by atoms with Crippen LogP contribution in [0.3, 0.4) is 0 Å². The van der Waals surface area contributed by atoms with E-state index in [0.717, 1.165) is 10.6 Å². The summed E-state index contributed by atoms with van der Waals surface area (Å²) >= 11 is 0. The van der Waals surface area contributed by atoms with Crippen LogP contribution in [0.1, 0.15) is 23.1 Å². The number of halogens is 3. The van der Waals surface area contributed by atoms with E-state index in [2.05, 4.69) is 10.2 Å². The van der Waals surface area contributed by atoms with Gasteiger partial charge in [0.15, 0.2) is 11.4 Å². The maximum absolute atomic E-state index is 12.8. The van der Waals surface area contributed by atoms with E-state index in [4.69, 9.17) is 4.74 Å². The van der Waals surface area contributed by atoms with Crippen LogP contribution in [0.25, 0.3) is 0 Å². The number of alkyl halides is 3. The van der Waals surface area contributed by atoms with Crippen molar-refractivity contribution in [2.45, 2.75) is 26.1 Å². The van der Waals surface area contributed by atoms with Crippen molar-refractivity contribution in [3.05, 3.63) is 55.4 Å². The number of nitrogens with zero attached hydrogens (tertiary/aromatic N) is 5. The minimum Gasteiger partial charge on any atom is -0.493 e. The molecule has 0 atom stereocenters. The Bertz CT molecular complexity index is 1140. The lowest BCUT2D eigenvalue weighted by Gasteiger charge is -2.12. The van der Waals surface area contributed by atoms with Crippen LogP contribution in [0.5, 0.6) is 5.88 Å². The van der Waals surface area contributed by atoms with Gasteiger partial charge >= 0.3 is 6.18 Å². The number of nitro benzene ring substituents is 1. The molecule has 0 spiro atoms. The number of nitro groups is 1. The van der Waals surface area contributed by atoms with Gasteiger partial charge in [0.1, 0.15) is 11.6 Å². The van der Waals surface area contributed by atoms with E-state index in [0.29, 0.717) is 18.6 Å². The predicted octanol–water partition coefficient (Wildman–Crippen LogP) is 4.11. The van der Waals surface area contributed by atoms with Crippen LogP contribution in [-0.4, -0.2) is 28.3 Å². The number of aromatic hydroxyl groups is 1. The van der Waals surface area contributed by atoms with Crippen LogP contribution in [-0.2, 0) is 17.5 Å². The zero-order valence-electron chi connectivity index (χ0n) is 16.3. The molecule has 31 heavy (non-hydrogen) atoms. The van der Waals surface area contributed by atoms with Gasteiger partial charge in [-0.2, -0.15) is 18.4 Å². The van der Waals surface area contributed by atoms with Gasteiger partial charge in [-0.1, -0.05) is 0 Å². The smallest absolute Gasteiger partial charge is 0.416 e. The summed E-state index contributed by atoms with van der Waals surface area (Å²) in [5, 5.41) is 37.9. The number of ether oxygens (including phenoxy) is 1. The van der Waals surface area contributed by atoms with Crippen LogP contribution in [0.15, 0.2) is 33.2 Å². The minimum atomic E-state index is -4.80. The van der Waals surface area contributed by atoms with Crippen LogP contribution in [0.2, 0.25) is 0 Å². The van der Waals surface area contributed by atoms with E-state index in [-0.39, 0.29) is 30.0 Å². The molecule has 1 N–H and O–H groups in total. The Balaban J connectivity index is 2.61. The third-order valence-electron chi connectivity index (χ3n) is 4.26. The molecule has 0 radical (unpaired) electrons. The first kappa shape index (κ1) is 23.5. The SMILES string of the molecule is COCCCn1c(O)c(C#N)c(C)c(N=Nc2ccc(C(F)(F)F)cc2[N+](=O)[O-])c1=O. The summed E-state index contributed by atoms with van der Waals surface area (Å²) in [6.07, 6.45) is -4.48. The summed E-state index contributed by atoms with van der Waals surface area (Å²) in [7, 11) is 1.44. The monoisotopic (exact) mass is 439 g/mol. The second-order valence-electron chi connectivity index (χ2n) is 6.25. The molecule has 0 saturated carbocycles. The number of methoxy groups -OCH3 is 1. The second kappa shape index (κ2) is 9.35. The van der Waals surface area contributed by atoms with Crippen molar-refractivity contribution < 1.29 is 27.9 Å². The lowest BCUT2D eigenvalue weighted by Crippen LogP contribution is -2.22. The Morgan fingerprint density at radius 1 is 1.35 bits per heavy atom. The van der Waals surface area contributed by atoms with Crippen molar-refractivity contribution in [2.75, 3.05) is 13.7 Å². The number of hydrogen-bond acceptors (Lipinski definition) is 8. The van der Waals surface area contributed by atoms with Gasteiger partial charge < -0.3 is 9.84 Å². The molecule has 164 valence electrons. The molecule has 0 unspecified atom stereocenters. The summed E-state index contributed by atoms with van der Waals surface area (Å²) in [4.78, 5) is 22.8. The van der Waals surface area contributed by atoms with E-state index in [9.17, 15) is 38.4 Å². The normalized spacial score (nSPS) is 11.6. The zero-order valence-corrected chi connectivity index (χ0v) is 16.3. The quantitative estimate of drug-likeness (QED) is 0.298. The first-order valence-corrected chi connectivity index (χ1v) is 8.65. The first-order chi connectivity index (χ1) is 14.5. The lowest BCUT2D eigenvalue weighted by atomic mass is 10.1. The van der Waals surface area contributed by atoms with Crippen molar-refractivity contribution >= 4 is 17.1 Å². The predicted molar refractivity (Wildman–Crippen MR) is 101 cm³/mol. The van der Waals surface area contributed by atoms with Crippen molar-refractivity contribution in [3.8, 4) is 11.9 Å². The Morgan fingerprint density at radius 3 is 2.58 bits per heavy atom. The molecule has 13 heteroatoms. The topological polar surface area (TPSA) is 143 Å². The van der Waals surface area contributed by atoms with Crippen LogP contribution in [0.4, 0.5) is 30.2 Å². The molecule has 10 nitrogen and oxygen atoms in total. The number of aromatic nitrogens is 1. The maximum Gasteiger partial charge on any atom is 0.416 e. The molecule has 2 rings (SSSR count). The number of nitriles is 1. The molecule has 1 heterocycles. The van der Waals surface area contributed by atoms with E-state index < -0.39 is 39.5 Å². The average molecular weight is 439 g/mol. The van der Waals surface area contributed by atoms with Gasteiger partial charge in [0.05, 0.1) is 10.5 Å². The highest BCUT2D eigenvalue weighted by Crippen LogP contribution is 2.37. The molecule has 0 aliphatic rings.